The SMILES string of the molecule is CCn1cc(C(=O)O)c(=O)c2cc(F)c(N3CCN(C)CC3)c(OC)c21.[B+3].[F-].[F-].[F-]. The number of aromatic carboxylic acids is 1. The van der Waals surface area contributed by atoms with E-state index in [0.717, 1.165) is 19.2 Å². The minimum absolute atomic E-state index is 0. The predicted octanol–water partition coefficient (Wildman–Crippen LogP) is -7.75. The number of methoxy groups -OCH3 is 1. The molecule has 1 fully saturated rings. The minimum atomic E-state index is -1.33. The number of likely N-dealkylation sites (N-methyl/N-ethyl adjacent to an activating group) is 1. The fourth-order valence-corrected chi connectivity index (χ4v) is 3.41. The van der Waals surface area contributed by atoms with Gasteiger partial charge in [-0.15, -0.1) is 0 Å². The van der Waals surface area contributed by atoms with E-state index in [1.165, 1.54) is 13.3 Å². The Kier molecular flexibility index (Phi) is 11.2. The van der Waals surface area contributed by atoms with E-state index in [2.05, 4.69) is 4.90 Å². The number of carbonyl (C=O) groups is 1. The van der Waals surface area contributed by atoms with Crippen LogP contribution < -0.4 is 29.2 Å². The molecule has 0 amide bonds. The maximum atomic E-state index is 15.0. The Morgan fingerprint density at radius 3 is 2.23 bits per heavy atom. The van der Waals surface area contributed by atoms with Crippen molar-refractivity contribution in [2.45, 2.75) is 13.5 Å². The number of carboxylic acids is 1. The average Bonchev–Trinajstić information content (AvgIpc) is 2.62. The molecule has 0 bridgehead atoms. The maximum absolute atomic E-state index is 15.0. The van der Waals surface area contributed by atoms with Crippen LogP contribution in [0.4, 0.5) is 10.1 Å². The Balaban J connectivity index is 0. The number of aromatic nitrogens is 1. The van der Waals surface area contributed by atoms with Crippen LogP contribution in [0.2, 0.25) is 0 Å². The zero-order chi connectivity index (χ0) is 19.0. The summed E-state index contributed by atoms with van der Waals surface area (Å²) < 4.78 is 22.1. The van der Waals surface area contributed by atoms with Gasteiger partial charge in [-0.2, -0.15) is 0 Å². The quantitative estimate of drug-likeness (QED) is 0.383. The molecule has 1 saturated heterocycles. The van der Waals surface area contributed by atoms with E-state index in [0.29, 0.717) is 30.8 Å². The van der Waals surface area contributed by atoms with Crippen molar-refractivity contribution < 1.29 is 33.1 Å². The molecular formula is C18H22BF4N3O4. The molecule has 164 valence electrons. The molecule has 1 aromatic carbocycles. The molecule has 12 heteroatoms. The van der Waals surface area contributed by atoms with Crippen molar-refractivity contribution in [3.8, 4) is 5.75 Å². The van der Waals surface area contributed by atoms with Crippen molar-refractivity contribution in [1.29, 1.82) is 0 Å². The molecule has 1 N–H and O–H groups in total. The molecule has 0 unspecified atom stereocenters. The standard InChI is InChI=1S/C18H22FN3O4.B.3FH/c1-4-21-10-12(18(24)25)16(23)11-9-13(19)15(17(26-3)14(11)21)22-7-5-20(2)6-8-22;;;;/h9-10H,4-8H2,1-3H3,(H,24,25);;3*1H/q;+3;;;/p-3. The number of carboxylic acid groups (broad SMARTS) is 1. The molecule has 3 rings (SSSR count). The number of hydrogen-bond donors (Lipinski definition) is 1. The topological polar surface area (TPSA) is 75.0 Å². The monoisotopic (exact) mass is 431 g/mol. The fourth-order valence-electron chi connectivity index (χ4n) is 3.41. The Morgan fingerprint density at radius 2 is 1.77 bits per heavy atom. The summed E-state index contributed by atoms with van der Waals surface area (Å²) in [6, 6.07) is 1.13. The molecule has 7 nitrogen and oxygen atoms in total. The average molecular weight is 431 g/mol. The molecule has 2 aromatic rings. The molecule has 1 aliphatic rings. The van der Waals surface area contributed by atoms with E-state index in [1.807, 2.05) is 18.9 Å². The van der Waals surface area contributed by atoms with Gasteiger partial charge < -0.3 is 38.3 Å². The third kappa shape index (κ3) is 4.86. The molecule has 30 heavy (non-hydrogen) atoms. The molecule has 0 spiro atoms. The first kappa shape index (κ1) is 29.4. The van der Waals surface area contributed by atoms with Crippen LogP contribution in [-0.2, 0) is 6.54 Å². The second-order valence-electron chi connectivity index (χ2n) is 6.39. The van der Waals surface area contributed by atoms with Crippen LogP contribution in [0.1, 0.15) is 17.3 Å². The van der Waals surface area contributed by atoms with Gasteiger partial charge in [-0.25, -0.2) is 9.18 Å². The molecule has 0 radical (unpaired) electrons. The molecular weight excluding hydrogens is 409 g/mol. The largest absolute Gasteiger partial charge is 3.00 e. The van der Waals surface area contributed by atoms with Crippen LogP contribution in [0.5, 0.6) is 5.75 Å². The number of hydrogen-bond acceptors (Lipinski definition) is 5. The summed E-state index contributed by atoms with van der Waals surface area (Å²) in [4.78, 5) is 28.0. The number of ether oxygens (including phenoxy) is 1. The van der Waals surface area contributed by atoms with E-state index in [1.54, 1.807) is 4.57 Å². The number of aryl methyl sites for hydroxylation is 1. The van der Waals surface area contributed by atoms with Gasteiger partial charge in [0.25, 0.3) is 0 Å². The van der Waals surface area contributed by atoms with Gasteiger partial charge in [-0.05, 0) is 20.0 Å². The molecule has 1 aliphatic heterocycles. The van der Waals surface area contributed by atoms with Gasteiger partial charge in [-0.3, -0.25) is 4.79 Å². The zero-order valence-electron chi connectivity index (χ0n) is 16.8. The van der Waals surface area contributed by atoms with Gasteiger partial charge in [0.1, 0.15) is 11.3 Å². The van der Waals surface area contributed by atoms with Crippen LogP contribution in [0.25, 0.3) is 10.9 Å². The Labute approximate surface area is 172 Å². The summed E-state index contributed by atoms with van der Waals surface area (Å²) in [6.45, 7) is 5.10. The summed E-state index contributed by atoms with van der Waals surface area (Å²) in [6.07, 6.45) is 1.29. The third-order valence-electron chi connectivity index (χ3n) is 4.84. The molecule has 1 aromatic heterocycles. The van der Waals surface area contributed by atoms with Gasteiger partial charge in [-0.1, -0.05) is 0 Å². The number of pyridine rings is 1. The fraction of sp³-hybridized carbons (Fsp3) is 0.444. The van der Waals surface area contributed by atoms with Crippen molar-refractivity contribution >= 4 is 31.0 Å². The third-order valence-corrected chi connectivity index (χ3v) is 4.84. The van der Waals surface area contributed by atoms with Crippen molar-refractivity contribution in [3.63, 3.8) is 0 Å². The van der Waals surface area contributed by atoms with E-state index >= 15 is 0 Å². The number of halogens is 4. The molecule has 0 atom stereocenters. The van der Waals surface area contributed by atoms with E-state index in [9.17, 15) is 19.1 Å². The summed E-state index contributed by atoms with van der Waals surface area (Å²) in [5, 5.41) is 9.29. The van der Waals surface area contributed by atoms with Gasteiger partial charge >= 0.3 is 14.4 Å². The van der Waals surface area contributed by atoms with Crippen LogP contribution in [0.15, 0.2) is 17.1 Å². The van der Waals surface area contributed by atoms with Crippen molar-refractivity contribution in [2.24, 2.45) is 0 Å². The van der Waals surface area contributed by atoms with Gasteiger partial charge in [0, 0.05) is 38.9 Å². The zero-order valence-corrected chi connectivity index (χ0v) is 16.8. The number of nitrogens with zero attached hydrogens (tertiary/aromatic N) is 3. The van der Waals surface area contributed by atoms with Gasteiger partial charge in [0.15, 0.2) is 11.6 Å². The molecule has 0 aliphatic carbocycles. The Morgan fingerprint density at radius 1 is 1.20 bits per heavy atom. The number of anilines is 1. The van der Waals surface area contributed by atoms with E-state index in [-0.39, 0.29) is 39.2 Å². The molecule has 2 heterocycles. The Bertz CT molecular complexity index is 934. The minimum Gasteiger partial charge on any atom is -1.00 e. The number of rotatable bonds is 4. The first-order chi connectivity index (χ1) is 12.4. The molecule has 0 saturated carbocycles. The summed E-state index contributed by atoms with van der Waals surface area (Å²) in [5.41, 5.74) is -0.356. The summed E-state index contributed by atoms with van der Waals surface area (Å²) in [7, 11) is 3.44. The summed E-state index contributed by atoms with van der Waals surface area (Å²) in [5.74, 6) is -1.65. The van der Waals surface area contributed by atoms with Gasteiger partial charge in [0.05, 0.1) is 18.0 Å². The number of fused-ring (bicyclic) bond motifs is 1. The normalized spacial score (nSPS) is 13.4. The van der Waals surface area contributed by atoms with Crippen molar-refractivity contribution in [1.82, 2.24) is 9.47 Å². The number of benzene rings is 1. The van der Waals surface area contributed by atoms with Crippen molar-refractivity contribution in [3.05, 3.63) is 33.9 Å². The van der Waals surface area contributed by atoms with Crippen molar-refractivity contribution in [2.75, 3.05) is 45.2 Å². The van der Waals surface area contributed by atoms with E-state index < -0.39 is 17.2 Å². The second kappa shape index (κ2) is 11.4. The smallest absolute Gasteiger partial charge is 1.00 e. The predicted molar refractivity (Wildman–Crippen MR) is 103 cm³/mol. The van der Waals surface area contributed by atoms with Crippen LogP contribution >= 0.6 is 0 Å². The maximum Gasteiger partial charge on any atom is 3.00 e. The van der Waals surface area contributed by atoms with E-state index in [4.69, 9.17) is 4.74 Å². The van der Waals surface area contributed by atoms with Crippen LogP contribution in [0.3, 0.4) is 0 Å². The second-order valence-corrected chi connectivity index (χ2v) is 6.39. The Hall–Kier alpha value is -2.76. The van der Waals surface area contributed by atoms with Crippen LogP contribution in [0, 0.1) is 5.82 Å². The first-order valence-corrected chi connectivity index (χ1v) is 8.49. The van der Waals surface area contributed by atoms with Gasteiger partial charge in [0.2, 0.25) is 5.43 Å². The van der Waals surface area contributed by atoms with Crippen LogP contribution in [-0.4, -0.2) is 69.3 Å². The summed E-state index contributed by atoms with van der Waals surface area (Å²) >= 11 is 0. The first-order valence-electron chi connectivity index (χ1n) is 8.49. The number of piperazine rings is 1.